The Labute approximate surface area is 162 Å². The fourth-order valence-corrected chi connectivity index (χ4v) is 4.29. The number of carbonyl (C=O) groups excluding carboxylic acids is 1. The molecule has 1 aliphatic heterocycles. The van der Waals surface area contributed by atoms with Crippen LogP contribution in [0.25, 0.3) is 0 Å². The van der Waals surface area contributed by atoms with Crippen LogP contribution in [-0.2, 0) is 14.8 Å². The Morgan fingerprint density at radius 1 is 1.04 bits per heavy atom. The van der Waals surface area contributed by atoms with Crippen molar-refractivity contribution in [2.24, 2.45) is 0 Å². The number of sulfonamides is 1. The van der Waals surface area contributed by atoms with E-state index in [-0.39, 0.29) is 55.1 Å². The lowest BCUT2D eigenvalue weighted by Gasteiger charge is -2.34. The maximum Gasteiger partial charge on any atom is 0.260 e. The molecule has 0 radical (unpaired) electrons. The predicted octanol–water partition coefficient (Wildman–Crippen LogP) is 1.96. The molecule has 0 aromatic heterocycles. The highest BCUT2D eigenvalue weighted by atomic mass is 35.5. The molecule has 1 heterocycles. The van der Waals surface area contributed by atoms with Gasteiger partial charge in [-0.2, -0.15) is 4.31 Å². The first-order valence-electron chi connectivity index (χ1n) is 8.32. The van der Waals surface area contributed by atoms with Crippen LogP contribution in [0.1, 0.15) is 0 Å². The first kappa shape index (κ1) is 19.5. The number of amides is 1. The van der Waals surface area contributed by atoms with Crippen LogP contribution >= 0.6 is 11.6 Å². The van der Waals surface area contributed by atoms with Crippen LogP contribution < -0.4 is 4.74 Å². The van der Waals surface area contributed by atoms with Crippen LogP contribution in [0.5, 0.6) is 11.5 Å². The normalized spacial score (nSPS) is 15.5. The summed E-state index contributed by atoms with van der Waals surface area (Å²) in [5.74, 6) is -0.0687. The van der Waals surface area contributed by atoms with Crippen molar-refractivity contribution in [3.63, 3.8) is 0 Å². The van der Waals surface area contributed by atoms with Gasteiger partial charge < -0.3 is 14.7 Å². The lowest BCUT2D eigenvalue weighted by molar-refractivity contribution is -0.134. The molecule has 7 nitrogen and oxygen atoms in total. The zero-order chi connectivity index (χ0) is 19.4. The van der Waals surface area contributed by atoms with Gasteiger partial charge in [0.25, 0.3) is 5.91 Å². The molecular formula is C18H19ClN2O5S. The summed E-state index contributed by atoms with van der Waals surface area (Å²) in [6, 6.07) is 12.4. The van der Waals surface area contributed by atoms with Gasteiger partial charge in [-0.25, -0.2) is 8.42 Å². The van der Waals surface area contributed by atoms with E-state index in [0.717, 1.165) is 0 Å². The molecule has 0 bridgehead atoms. The summed E-state index contributed by atoms with van der Waals surface area (Å²) in [7, 11) is -3.62. The van der Waals surface area contributed by atoms with Gasteiger partial charge in [0.05, 0.1) is 4.90 Å². The highest BCUT2D eigenvalue weighted by molar-refractivity contribution is 7.89. The van der Waals surface area contributed by atoms with E-state index >= 15 is 0 Å². The minimum Gasteiger partial charge on any atom is -0.504 e. The van der Waals surface area contributed by atoms with E-state index in [1.54, 1.807) is 23.1 Å². The predicted molar refractivity (Wildman–Crippen MR) is 100 cm³/mol. The van der Waals surface area contributed by atoms with Crippen molar-refractivity contribution in [3.05, 3.63) is 53.6 Å². The summed E-state index contributed by atoms with van der Waals surface area (Å²) in [6.07, 6.45) is 0. The quantitative estimate of drug-likeness (QED) is 0.814. The van der Waals surface area contributed by atoms with Crippen molar-refractivity contribution < 1.29 is 23.1 Å². The first-order chi connectivity index (χ1) is 12.9. The monoisotopic (exact) mass is 410 g/mol. The van der Waals surface area contributed by atoms with Gasteiger partial charge in [0.1, 0.15) is 0 Å². The molecule has 3 rings (SSSR count). The Balaban J connectivity index is 1.56. The molecule has 9 heteroatoms. The molecule has 1 aliphatic rings. The Kier molecular flexibility index (Phi) is 5.88. The van der Waals surface area contributed by atoms with E-state index in [9.17, 15) is 18.3 Å². The van der Waals surface area contributed by atoms with E-state index in [0.29, 0.717) is 5.02 Å². The molecule has 1 fully saturated rings. The third-order valence-electron chi connectivity index (χ3n) is 4.26. The zero-order valence-corrected chi connectivity index (χ0v) is 16.0. The zero-order valence-electron chi connectivity index (χ0n) is 14.4. The van der Waals surface area contributed by atoms with Gasteiger partial charge in [0.2, 0.25) is 10.0 Å². The highest BCUT2D eigenvalue weighted by Crippen LogP contribution is 2.24. The van der Waals surface area contributed by atoms with E-state index in [1.165, 1.54) is 34.6 Å². The molecular weight excluding hydrogens is 392 g/mol. The van der Waals surface area contributed by atoms with Gasteiger partial charge in [-0.3, -0.25) is 4.79 Å². The van der Waals surface area contributed by atoms with Gasteiger partial charge in [-0.1, -0.05) is 23.7 Å². The maximum absolute atomic E-state index is 12.7. The summed E-state index contributed by atoms with van der Waals surface area (Å²) in [6.45, 7) is 0.730. The number of carbonyl (C=O) groups is 1. The van der Waals surface area contributed by atoms with Gasteiger partial charge in [-0.05, 0) is 36.4 Å². The lowest BCUT2D eigenvalue weighted by Crippen LogP contribution is -2.51. The van der Waals surface area contributed by atoms with E-state index in [2.05, 4.69) is 0 Å². The van der Waals surface area contributed by atoms with Crippen LogP contribution in [-0.4, -0.2) is 61.4 Å². The number of rotatable bonds is 5. The van der Waals surface area contributed by atoms with Crippen LogP contribution in [0, 0.1) is 0 Å². The third-order valence-corrected chi connectivity index (χ3v) is 6.42. The second-order valence-corrected chi connectivity index (χ2v) is 8.37. The van der Waals surface area contributed by atoms with Crippen LogP contribution in [0.3, 0.4) is 0 Å². The van der Waals surface area contributed by atoms with Gasteiger partial charge in [-0.15, -0.1) is 0 Å². The van der Waals surface area contributed by atoms with Crippen molar-refractivity contribution in [2.45, 2.75) is 4.90 Å². The fraction of sp³-hybridized carbons (Fsp3) is 0.278. The van der Waals surface area contributed by atoms with Crippen molar-refractivity contribution in [2.75, 3.05) is 32.8 Å². The molecule has 0 atom stereocenters. The standard InChI is InChI=1S/C18H19ClN2O5S/c19-14-5-7-15(8-6-14)27(24,25)21-11-9-20(10-12-21)18(23)13-26-17-4-2-1-3-16(17)22/h1-8,22H,9-13H2. The third kappa shape index (κ3) is 4.52. The second-order valence-electron chi connectivity index (χ2n) is 6.00. The maximum atomic E-state index is 12.7. The van der Waals surface area contributed by atoms with Crippen LogP contribution in [0.2, 0.25) is 5.02 Å². The number of piperazine rings is 1. The SMILES string of the molecule is O=C(COc1ccccc1O)N1CCN(S(=O)(=O)c2ccc(Cl)cc2)CC1. The first-order valence-corrected chi connectivity index (χ1v) is 10.1. The van der Waals surface area contributed by atoms with Gasteiger partial charge in [0, 0.05) is 31.2 Å². The molecule has 1 amide bonds. The number of nitrogens with zero attached hydrogens (tertiary/aromatic N) is 2. The highest BCUT2D eigenvalue weighted by Gasteiger charge is 2.30. The smallest absolute Gasteiger partial charge is 0.260 e. The Morgan fingerprint density at radius 3 is 2.30 bits per heavy atom. The summed E-state index contributed by atoms with van der Waals surface area (Å²) in [4.78, 5) is 14.0. The van der Waals surface area contributed by atoms with Crippen molar-refractivity contribution in [1.82, 2.24) is 9.21 Å². The molecule has 0 spiro atoms. The molecule has 0 unspecified atom stereocenters. The molecule has 1 saturated heterocycles. The molecule has 144 valence electrons. The molecule has 2 aromatic carbocycles. The minimum absolute atomic E-state index is 0.0378. The fourth-order valence-electron chi connectivity index (χ4n) is 2.74. The van der Waals surface area contributed by atoms with Crippen molar-refractivity contribution >= 4 is 27.5 Å². The summed E-state index contributed by atoms with van der Waals surface area (Å²) >= 11 is 5.81. The van der Waals surface area contributed by atoms with E-state index in [4.69, 9.17) is 16.3 Å². The lowest BCUT2D eigenvalue weighted by atomic mass is 10.3. The van der Waals surface area contributed by atoms with E-state index in [1.807, 2.05) is 0 Å². The summed E-state index contributed by atoms with van der Waals surface area (Å²) < 4.78 is 32.0. The van der Waals surface area contributed by atoms with Crippen molar-refractivity contribution in [1.29, 1.82) is 0 Å². The molecule has 2 aromatic rings. The number of benzene rings is 2. The average Bonchev–Trinajstić information content (AvgIpc) is 2.67. The number of hydrogen-bond donors (Lipinski definition) is 1. The number of ether oxygens (including phenoxy) is 1. The Bertz CT molecular complexity index is 910. The minimum atomic E-state index is -3.62. The van der Waals surface area contributed by atoms with Crippen LogP contribution in [0.4, 0.5) is 0 Å². The van der Waals surface area contributed by atoms with Crippen LogP contribution in [0.15, 0.2) is 53.4 Å². The Morgan fingerprint density at radius 2 is 1.67 bits per heavy atom. The van der Waals surface area contributed by atoms with E-state index < -0.39 is 10.0 Å². The molecule has 27 heavy (non-hydrogen) atoms. The summed E-state index contributed by atoms with van der Waals surface area (Å²) in [5, 5.41) is 10.1. The topological polar surface area (TPSA) is 87.2 Å². The number of phenolic OH excluding ortho intramolecular Hbond substituents is 1. The number of phenols is 1. The van der Waals surface area contributed by atoms with Crippen molar-refractivity contribution in [3.8, 4) is 11.5 Å². The number of aromatic hydroxyl groups is 1. The number of para-hydroxylation sites is 2. The molecule has 0 aliphatic carbocycles. The largest absolute Gasteiger partial charge is 0.504 e. The Hall–Kier alpha value is -2.29. The number of hydrogen-bond acceptors (Lipinski definition) is 5. The second kappa shape index (κ2) is 8.16. The van der Waals surface area contributed by atoms with Gasteiger partial charge in [0.15, 0.2) is 18.1 Å². The summed E-state index contributed by atoms with van der Waals surface area (Å²) in [5.41, 5.74) is 0. The molecule has 0 saturated carbocycles. The molecule has 1 N–H and O–H groups in total. The average molecular weight is 411 g/mol. The van der Waals surface area contributed by atoms with Gasteiger partial charge >= 0.3 is 0 Å². The number of halogens is 1.